The van der Waals surface area contributed by atoms with Crippen molar-refractivity contribution >= 4 is 11.6 Å². The van der Waals surface area contributed by atoms with E-state index in [1.54, 1.807) is 0 Å². The van der Waals surface area contributed by atoms with Gasteiger partial charge in [0.1, 0.15) is 17.5 Å². The first kappa shape index (κ1) is 12.1. The topological polar surface area (TPSA) is 87.3 Å². The molecule has 94 valence electrons. The summed E-state index contributed by atoms with van der Waals surface area (Å²) in [7, 11) is 0. The molecule has 0 spiro atoms. The zero-order valence-corrected chi connectivity index (χ0v) is 10.2. The summed E-state index contributed by atoms with van der Waals surface area (Å²) >= 11 is 0. The minimum atomic E-state index is 0.134. The van der Waals surface area contributed by atoms with Crippen molar-refractivity contribution in [2.45, 2.75) is 26.3 Å². The molecule has 0 amide bonds. The van der Waals surface area contributed by atoms with E-state index in [1.807, 2.05) is 13.0 Å². The van der Waals surface area contributed by atoms with Crippen molar-refractivity contribution in [2.24, 2.45) is 11.8 Å². The molecule has 4 N–H and O–H groups in total. The van der Waals surface area contributed by atoms with E-state index in [-0.39, 0.29) is 12.6 Å². The maximum absolute atomic E-state index is 9.44. The number of nitrogens with zero attached hydrogens (tertiary/aromatic N) is 3. The average molecular weight is 237 g/mol. The van der Waals surface area contributed by atoms with E-state index in [4.69, 9.17) is 5.84 Å². The molecule has 1 fully saturated rings. The second-order valence-corrected chi connectivity index (χ2v) is 4.51. The van der Waals surface area contributed by atoms with E-state index < -0.39 is 0 Å². The van der Waals surface area contributed by atoms with Crippen LogP contribution in [0.15, 0.2) is 6.07 Å². The lowest BCUT2D eigenvalue weighted by atomic mass is 10.0. The van der Waals surface area contributed by atoms with Gasteiger partial charge in [-0.05, 0) is 19.3 Å². The lowest BCUT2D eigenvalue weighted by molar-refractivity contribution is 0.244. The fourth-order valence-electron chi connectivity index (χ4n) is 2.34. The van der Waals surface area contributed by atoms with Gasteiger partial charge in [0.05, 0.1) is 12.6 Å². The fourth-order valence-corrected chi connectivity index (χ4v) is 2.34. The lowest BCUT2D eigenvalue weighted by Gasteiger charge is -2.26. The minimum Gasteiger partial charge on any atom is -0.394 e. The number of hydrogen-bond donors (Lipinski definition) is 3. The van der Waals surface area contributed by atoms with Crippen molar-refractivity contribution in [1.82, 2.24) is 9.97 Å². The van der Waals surface area contributed by atoms with Gasteiger partial charge in [0, 0.05) is 12.6 Å². The first-order chi connectivity index (χ1) is 8.15. The van der Waals surface area contributed by atoms with Crippen LogP contribution in [-0.4, -0.2) is 34.3 Å². The Morgan fingerprint density at radius 3 is 3.00 bits per heavy atom. The molecule has 1 aromatic rings. The highest BCUT2D eigenvalue weighted by Gasteiger charge is 2.31. The van der Waals surface area contributed by atoms with Crippen LogP contribution in [0.4, 0.5) is 11.6 Å². The number of nitrogens with one attached hydrogen (secondary N) is 1. The van der Waals surface area contributed by atoms with Crippen molar-refractivity contribution in [2.75, 3.05) is 23.5 Å². The Kier molecular flexibility index (Phi) is 3.44. The van der Waals surface area contributed by atoms with Gasteiger partial charge in [-0.1, -0.05) is 6.92 Å². The third kappa shape index (κ3) is 2.32. The first-order valence-electron chi connectivity index (χ1n) is 5.85. The summed E-state index contributed by atoms with van der Waals surface area (Å²) in [6, 6.07) is 1.95. The number of nitrogens with two attached hydrogens (primary N) is 1. The standard InChI is InChI=1S/C11H19N5O/c1-7-3-4-16(9(7)6-17)11-5-10(15-12)13-8(2)14-11/h5,7,9,17H,3-4,6,12H2,1-2H3,(H,13,14,15). The summed E-state index contributed by atoms with van der Waals surface area (Å²) in [5, 5.41) is 9.44. The smallest absolute Gasteiger partial charge is 0.145 e. The van der Waals surface area contributed by atoms with Crippen molar-refractivity contribution < 1.29 is 5.11 Å². The van der Waals surface area contributed by atoms with Gasteiger partial charge in [-0.25, -0.2) is 15.8 Å². The largest absolute Gasteiger partial charge is 0.394 e. The molecule has 0 saturated carbocycles. The van der Waals surface area contributed by atoms with Gasteiger partial charge in [-0.3, -0.25) is 0 Å². The highest BCUT2D eigenvalue weighted by Crippen LogP contribution is 2.29. The van der Waals surface area contributed by atoms with Gasteiger partial charge in [0.15, 0.2) is 0 Å². The molecule has 2 heterocycles. The maximum Gasteiger partial charge on any atom is 0.145 e. The molecule has 1 aromatic heterocycles. The van der Waals surface area contributed by atoms with Gasteiger partial charge < -0.3 is 15.4 Å². The number of aliphatic hydroxyl groups is 1. The molecule has 6 heteroatoms. The number of rotatable bonds is 3. The SMILES string of the molecule is Cc1nc(NN)cc(N2CCC(C)C2CO)n1. The Bertz CT molecular complexity index is 397. The molecule has 0 bridgehead atoms. The summed E-state index contributed by atoms with van der Waals surface area (Å²) in [5.74, 6) is 7.95. The molecule has 0 aromatic carbocycles. The summed E-state index contributed by atoms with van der Waals surface area (Å²) in [6.45, 7) is 5.04. The predicted octanol–water partition coefficient (Wildman–Crippen LogP) is 0.278. The zero-order chi connectivity index (χ0) is 12.4. The Hall–Kier alpha value is -1.40. The maximum atomic E-state index is 9.44. The summed E-state index contributed by atoms with van der Waals surface area (Å²) in [4.78, 5) is 10.7. The second kappa shape index (κ2) is 4.85. The van der Waals surface area contributed by atoms with E-state index in [0.29, 0.717) is 17.6 Å². The van der Waals surface area contributed by atoms with Gasteiger partial charge >= 0.3 is 0 Å². The molecular weight excluding hydrogens is 218 g/mol. The summed E-state index contributed by atoms with van der Waals surface area (Å²) in [6.07, 6.45) is 1.07. The third-order valence-corrected chi connectivity index (χ3v) is 3.34. The molecule has 17 heavy (non-hydrogen) atoms. The third-order valence-electron chi connectivity index (χ3n) is 3.34. The van der Waals surface area contributed by atoms with Crippen LogP contribution in [0.1, 0.15) is 19.2 Å². The van der Waals surface area contributed by atoms with Crippen LogP contribution < -0.4 is 16.2 Å². The molecule has 2 rings (SSSR count). The number of nitrogen functional groups attached to an aromatic ring is 1. The molecule has 1 aliphatic rings. The number of hydrogen-bond acceptors (Lipinski definition) is 6. The number of aliphatic hydroxyl groups excluding tert-OH is 1. The number of hydrazine groups is 1. The molecule has 0 radical (unpaired) electrons. The number of aromatic nitrogens is 2. The van der Waals surface area contributed by atoms with Crippen molar-refractivity contribution in [3.8, 4) is 0 Å². The number of aryl methyl sites for hydroxylation is 1. The van der Waals surface area contributed by atoms with E-state index >= 15 is 0 Å². The van der Waals surface area contributed by atoms with Crippen molar-refractivity contribution in [3.05, 3.63) is 11.9 Å². The fraction of sp³-hybridized carbons (Fsp3) is 0.636. The predicted molar refractivity (Wildman–Crippen MR) is 66.6 cm³/mol. The van der Waals surface area contributed by atoms with Gasteiger partial charge in [-0.15, -0.1) is 0 Å². The minimum absolute atomic E-state index is 0.134. The molecule has 1 saturated heterocycles. The zero-order valence-electron chi connectivity index (χ0n) is 10.2. The van der Waals surface area contributed by atoms with Gasteiger partial charge in [-0.2, -0.15) is 0 Å². The quantitative estimate of drug-likeness (QED) is 0.517. The molecule has 6 nitrogen and oxygen atoms in total. The molecular formula is C11H19N5O. The summed E-state index contributed by atoms with van der Waals surface area (Å²) in [5.41, 5.74) is 2.54. The molecule has 0 aliphatic carbocycles. The molecule has 2 atom stereocenters. The number of anilines is 2. The van der Waals surface area contributed by atoms with E-state index in [0.717, 1.165) is 18.8 Å². The van der Waals surface area contributed by atoms with Gasteiger partial charge in [0.2, 0.25) is 0 Å². The van der Waals surface area contributed by atoms with Crippen LogP contribution in [-0.2, 0) is 0 Å². The Morgan fingerprint density at radius 2 is 2.35 bits per heavy atom. The highest BCUT2D eigenvalue weighted by atomic mass is 16.3. The van der Waals surface area contributed by atoms with Crippen LogP contribution in [0, 0.1) is 12.8 Å². The molecule has 1 aliphatic heterocycles. The van der Waals surface area contributed by atoms with E-state index in [1.165, 1.54) is 0 Å². The van der Waals surface area contributed by atoms with Crippen molar-refractivity contribution in [3.63, 3.8) is 0 Å². The molecule has 2 unspecified atom stereocenters. The summed E-state index contributed by atoms with van der Waals surface area (Å²) < 4.78 is 0. The Morgan fingerprint density at radius 1 is 1.59 bits per heavy atom. The van der Waals surface area contributed by atoms with Crippen LogP contribution in [0.3, 0.4) is 0 Å². The monoisotopic (exact) mass is 237 g/mol. The Labute approximate surface area is 101 Å². The highest BCUT2D eigenvalue weighted by molar-refractivity contribution is 5.50. The van der Waals surface area contributed by atoms with Crippen LogP contribution in [0.5, 0.6) is 0 Å². The van der Waals surface area contributed by atoms with E-state index in [9.17, 15) is 5.11 Å². The van der Waals surface area contributed by atoms with Crippen LogP contribution >= 0.6 is 0 Å². The lowest BCUT2D eigenvalue weighted by Crippen LogP contribution is -2.36. The second-order valence-electron chi connectivity index (χ2n) is 4.51. The average Bonchev–Trinajstić information content (AvgIpc) is 2.69. The normalized spacial score (nSPS) is 24.1. The first-order valence-corrected chi connectivity index (χ1v) is 5.85. The van der Waals surface area contributed by atoms with Crippen LogP contribution in [0.25, 0.3) is 0 Å². The van der Waals surface area contributed by atoms with Crippen LogP contribution in [0.2, 0.25) is 0 Å². The Balaban J connectivity index is 2.30. The van der Waals surface area contributed by atoms with E-state index in [2.05, 4.69) is 27.2 Å². The van der Waals surface area contributed by atoms with Crippen molar-refractivity contribution in [1.29, 1.82) is 0 Å². The van der Waals surface area contributed by atoms with Gasteiger partial charge in [0.25, 0.3) is 0 Å².